The van der Waals surface area contributed by atoms with Gasteiger partial charge in [0.05, 0.1) is 6.04 Å². The van der Waals surface area contributed by atoms with Crippen molar-refractivity contribution in [1.29, 1.82) is 0 Å². The first-order chi connectivity index (χ1) is 25.6. The number of anilines is 1. The summed E-state index contributed by atoms with van der Waals surface area (Å²) in [4.78, 5) is 15.1. The highest BCUT2D eigenvalue weighted by molar-refractivity contribution is 5.96. The molecule has 1 aliphatic heterocycles. The molecule has 5 heteroatoms. The molecule has 0 saturated carbocycles. The lowest BCUT2D eigenvalue weighted by Gasteiger charge is -2.27. The topological polar surface area (TPSA) is 38.8 Å². The van der Waals surface area contributed by atoms with E-state index in [9.17, 15) is 9.18 Å². The lowest BCUT2D eigenvalue weighted by molar-refractivity contribution is -0.117. The molecule has 0 bridgehead atoms. The van der Waals surface area contributed by atoms with Gasteiger partial charge >= 0.3 is 0 Å². The molecule has 0 radical (unpaired) electrons. The predicted octanol–water partition coefficient (Wildman–Crippen LogP) is 11.9. The van der Waals surface area contributed by atoms with Crippen molar-refractivity contribution in [3.63, 3.8) is 0 Å². The third-order valence-electron chi connectivity index (χ3n) is 9.28. The molecule has 1 atom stereocenters. The number of ether oxygens (including phenoxy) is 2. The molecule has 6 aromatic rings. The summed E-state index contributed by atoms with van der Waals surface area (Å²) < 4.78 is 25.0. The summed E-state index contributed by atoms with van der Waals surface area (Å²) in [6.45, 7) is 3.09. The van der Waals surface area contributed by atoms with Gasteiger partial charge in [0.15, 0.2) is 0 Å². The van der Waals surface area contributed by atoms with Crippen molar-refractivity contribution in [3.05, 3.63) is 186 Å². The molecule has 1 amide bonds. The molecule has 1 fully saturated rings. The third kappa shape index (κ3) is 9.97. The Kier molecular flexibility index (Phi) is 12.9. The number of aryl methyl sites for hydroxylation is 1. The van der Waals surface area contributed by atoms with Gasteiger partial charge in [-0.25, -0.2) is 4.39 Å². The fourth-order valence-electron chi connectivity index (χ4n) is 6.46. The minimum absolute atomic E-state index is 0.121. The van der Waals surface area contributed by atoms with Crippen molar-refractivity contribution < 1.29 is 18.7 Å². The second kappa shape index (κ2) is 18.5. The van der Waals surface area contributed by atoms with Gasteiger partial charge in [-0.3, -0.25) is 4.79 Å². The molecule has 0 N–H and O–H groups in total. The smallest absolute Gasteiger partial charge is 0.227 e. The second-order valence-corrected chi connectivity index (χ2v) is 13.1. The monoisotopic (exact) mass is 691 g/mol. The molecule has 0 spiro atoms. The van der Waals surface area contributed by atoms with Gasteiger partial charge < -0.3 is 14.4 Å². The van der Waals surface area contributed by atoms with Gasteiger partial charge in [0.25, 0.3) is 0 Å². The fourth-order valence-corrected chi connectivity index (χ4v) is 6.46. The Morgan fingerprint density at radius 3 is 1.87 bits per heavy atom. The molecule has 52 heavy (non-hydrogen) atoms. The largest absolute Gasteiger partial charge is 0.489 e. The Balaban J connectivity index is 0.000000330. The molecule has 264 valence electrons. The lowest BCUT2D eigenvalue weighted by Crippen LogP contribution is -2.27. The first-order valence-electron chi connectivity index (χ1n) is 18.3. The molecule has 6 aromatic carbocycles. The maximum atomic E-state index is 13.2. The minimum atomic E-state index is -0.144. The summed E-state index contributed by atoms with van der Waals surface area (Å²) in [5.41, 5.74) is 7.58. The normalized spacial score (nSPS) is 13.7. The van der Waals surface area contributed by atoms with Crippen molar-refractivity contribution in [2.24, 2.45) is 0 Å². The highest BCUT2D eigenvalue weighted by Gasteiger charge is 2.35. The van der Waals surface area contributed by atoms with Gasteiger partial charge in [0, 0.05) is 23.7 Å². The summed E-state index contributed by atoms with van der Waals surface area (Å²) in [5.74, 6) is 1.45. The summed E-state index contributed by atoms with van der Waals surface area (Å²) in [6.07, 6.45) is 6.01. The zero-order chi connectivity index (χ0) is 36.0. The molecule has 1 unspecified atom stereocenters. The average Bonchev–Trinajstić information content (AvgIpc) is 3.59. The minimum Gasteiger partial charge on any atom is -0.489 e. The second-order valence-electron chi connectivity index (χ2n) is 13.1. The van der Waals surface area contributed by atoms with Gasteiger partial charge in [0.2, 0.25) is 5.91 Å². The van der Waals surface area contributed by atoms with E-state index in [0.717, 1.165) is 57.8 Å². The zero-order valence-corrected chi connectivity index (χ0v) is 29.8. The molecular weight excluding hydrogens is 646 g/mol. The lowest BCUT2D eigenvalue weighted by atomic mass is 10.0. The van der Waals surface area contributed by atoms with Gasteiger partial charge in [-0.15, -0.1) is 0 Å². The van der Waals surface area contributed by atoms with E-state index in [-0.39, 0.29) is 17.8 Å². The number of nitrogens with zero attached hydrogens (tertiary/aromatic N) is 1. The van der Waals surface area contributed by atoms with E-state index < -0.39 is 0 Å². The number of hydrogen-bond acceptors (Lipinski definition) is 3. The molecule has 1 aliphatic rings. The molecule has 1 saturated heterocycles. The van der Waals surface area contributed by atoms with Crippen molar-refractivity contribution in [2.45, 2.75) is 64.7 Å². The van der Waals surface area contributed by atoms with Crippen LogP contribution in [0.5, 0.6) is 11.5 Å². The van der Waals surface area contributed by atoms with Crippen LogP contribution in [-0.2, 0) is 24.4 Å². The molecule has 1 heterocycles. The van der Waals surface area contributed by atoms with E-state index in [1.165, 1.54) is 37.0 Å². The molecule has 0 aliphatic carbocycles. The van der Waals surface area contributed by atoms with Crippen molar-refractivity contribution >= 4 is 11.6 Å². The number of carbonyl (C=O) groups is 1. The number of hydrogen-bond donors (Lipinski definition) is 0. The van der Waals surface area contributed by atoms with E-state index in [4.69, 9.17) is 9.47 Å². The van der Waals surface area contributed by atoms with Crippen LogP contribution in [0.1, 0.15) is 67.3 Å². The summed E-state index contributed by atoms with van der Waals surface area (Å²) >= 11 is 0. The SMILES string of the molecule is CCCCCc1ccc(F)cc1.O=C1CCC(c2ccc(OCc3ccccc3)cc2OCc2ccccc2)N1c1ccc(-c2ccccc2)cc1. The highest BCUT2D eigenvalue weighted by Crippen LogP contribution is 2.42. The molecular formula is C47H46FNO3. The van der Waals surface area contributed by atoms with E-state index >= 15 is 0 Å². The maximum absolute atomic E-state index is 13.2. The van der Waals surface area contributed by atoms with Crippen LogP contribution in [0.2, 0.25) is 0 Å². The standard InChI is InChI=1S/C36H31NO3.C11H15F/c38-36-23-22-34(37(36)31-18-16-30(17-19-31)29-14-8-3-9-15-29)33-21-20-32(39-25-27-10-4-1-5-11-27)24-35(33)40-26-28-12-6-2-7-13-28;1-2-3-4-5-10-6-8-11(12)9-7-10/h1-21,24,34H,22-23,25-26H2;6-9H,2-5H2,1H3. The number of unbranched alkanes of at least 4 members (excludes halogenated alkanes) is 2. The Bertz CT molecular complexity index is 1960. The number of rotatable bonds is 13. The van der Waals surface area contributed by atoms with Crippen molar-refractivity contribution in [2.75, 3.05) is 4.90 Å². The van der Waals surface area contributed by atoms with Gasteiger partial charge in [-0.05, 0) is 83.5 Å². The quantitative estimate of drug-likeness (QED) is 0.113. The van der Waals surface area contributed by atoms with E-state index in [0.29, 0.717) is 19.6 Å². The van der Waals surface area contributed by atoms with Crippen LogP contribution >= 0.6 is 0 Å². The Labute approximate surface area is 307 Å². The van der Waals surface area contributed by atoms with Crippen LogP contribution < -0.4 is 14.4 Å². The van der Waals surface area contributed by atoms with Crippen LogP contribution in [0.15, 0.2) is 158 Å². The van der Waals surface area contributed by atoms with Crippen LogP contribution in [0, 0.1) is 5.82 Å². The van der Waals surface area contributed by atoms with Gasteiger partial charge in [-0.1, -0.05) is 135 Å². The molecule has 7 rings (SSSR count). The third-order valence-corrected chi connectivity index (χ3v) is 9.28. The number of carbonyl (C=O) groups excluding carboxylic acids is 1. The Morgan fingerprint density at radius 1 is 0.635 bits per heavy atom. The summed E-state index contributed by atoms with van der Waals surface area (Å²) in [5, 5.41) is 0. The Hall–Kier alpha value is -5.68. The zero-order valence-electron chi connectivity index (χ0n) is 29.8. The van der Waals surface area contributed by atoms with Crippen LogP contribution in [0.4, 0.5) is 10.1 Å². The van der Waals surface area contributed by atoms with E-state index in [1.807, 2.05) is 108 Å². The number of benzene rings is 6. The average molecular weight is 692 g/mol. The molecule has 0 aromatic heterocycles. The Morgan fingerprint density at radius 2 is 1.23 bits per heavy atom. The molecule has 4 nitrogen and oxygen atoms in total. The van der Waals surface area contributed by atoms with E-state index in [2.05, 4.69) is 49.4 Å². The van der Waals surface area contributed by atoms with Crippen molar-refractivity contribution in [3.8, 4) is 22.6 Å². The number of amides is 1. The number of halogens is 1. The van der Waals surface area contributed by atoms with Crippen LogP contribution in [-0.4, -0.2) is 5.91 Å². The van der Waals surface area contributed by atoms with Crippen LogP contribution in [0.25, 0.3) is 11.1 Å². The van der Waals surface area contributed by atoms with Crippen LogP contribution in [0.3, 0.4) is 0 Å². The predicted molar refractivity (Wildman–Crippen MR) is 209 cm³/mol. The first-order valence-corrected chi connectivity index (χ1v) is 18.3. The summed E-state index contributed by atoms with van der Waals surface area (Å²) in [7, 11) is 0. The highest BCUT2D eigenvalue weighted by atomic mass is 19.1. The fraction of sp³-hybridized carbons (Fsp3) is 0.213. The maximum Gasteiger partial charge on any atom is 0.227 e. The summed E-state index contributed by atoms with van der Waals surface area (Å²) in [6, 6.07) is 51.4. The van der Waals surface area contributed by atoms with Crippen molar-refractivity contribution in [1.82, 2.24) is 0 Å². The van der Waals surface area contributed by atoms with Gasteiger partial charge in [-0.2, -0.15) is 0 Å². The van der Waals surface area contributed by atoms with E-state index in [1.54, 1.807) is 0 Å². The first kappa shape index (κ1) is 36.1. The van der Waals surface area contributed by atoms with Gasteiger partial charge in [0.1, 0.15) is 30.5 Å².